The van der Waals surface area contributed by atoms with Crippen LogP contribution < -0.4 is 0 Å². The van der Waals surface area contributed by atoms with Crippen molar-refractivity contribution in [2.24, 2.45) is 0 Å². The first-order chi connectivity index (χ1) is 1.41. The first-order valence-corrected chi connectivity index (χ1v) is 0.494. The van der Waals surface area contributed by atoms with E-state index in [9.17, 15) is 0 Å². The SMILES string of the molecule is O=CO.[BiH3]. The number of rotatable bonds is 0. The summed E-state index contributed by atoms with van der Waals surface area (Å²) in [6.07, 6.45) is 0. The molecule has 26 valence electrons. The molecule has 0 amide bonds. The minimum atomic E-state index is -0.250. The molecule has 1 N–H and O–H groups in total. The van der Waals surface area contributed by atoms with E-state index in [-0.39, 0.29) is 32.7 Å². The second kappa shape index (κ2) is 10.1. The first-order valence-electron chi connectivity index (χ1n) is 0.494. The van der Waals surface area contributed by atoms with Crippen molar-refractivity contribution in [3.63, 3.8) is 0 Å². The van der Waals surface area contributed by atoms with Crippen molar-refractivity contribution in [3.05, 3.63) is 0 Å². The van der Waals surface area contributed by atoms with Crippen molar-refractivity contribution in [1.82, 2.24) is 0 Å². The molecule has 0 rings (SSSR count). The summed E-state index contributed by atoms with van der Waals surface area (Å²) in [5, 5.41) is 6.89. The van der Waals surface area contributed by atoms with Crippen molar-refractivity contribution in [2.75, 3.05) is 0 Å². The molecule has 0 saturated carbocycles. The first kappa shape index (κ1) is 8.84. The van der Waals surface area contributed by atoms with Gasteiger partial charge >= 0.3 is 26.2 Å². The van der Waals surface area contributed by atoms with Gasteiger partial charge in [0.25, 0.3) is 6.47 Å². The van der Waals surface area contributed by atoms with Gasteiger partial charge in [0.2, 0.25) is 0 Å². The van der Waals surface area contributed by atoms with Gasteiger partial charge in [-0.05, 0) is 0 Å². The van der Waals surface area contributed by atoms with Gasteiger partial charge in [0.15, 0.2) is 0 Å². The maximum absolute atomic E-state index is 8.36. The van der Waals surface area contributed by atoms with E-state index < -0.39 is 0 Å². The Balaban J connectivity index is 0. The molecule has 0 unspecified atom stereocenters. The van der Waals surface area contributed by atoms with E-state index in [2.05, 4.69) is 0 Å². The fourth-order valence-corrected chi connectivity index (χ4v) is 0. The van der Waals surface area contributed by atoms with Crippen LogP contribution in [0.3, 0.4) is 0 Å². The molecule has 3 heteroatoms. The second-order valence-corrected chi connectivity index (χ2v) is 0.105. The Kier molecular flexibility index (Phi) is 22.4. The van der Waals surface area contributed by atoms with Gasteiger partial charge in [-0.2, -0.15) is 0 Å². The monoisotopic (exact) mass is 258 g/mol. The quantitative estimate of drug-likeness (QED) is 0.425. The summed E-state index contributed by atoms with van der Waals surface area (Å²) in [6, 6.07) is 0. The Hall–Kier alpha value is 0.353. The predicted octanol–water partition coefficient (Wildman–Crippen LogP) is -1.48. The topological polar surface area (TPSA) is 37.3 Å². The van der Waals surface area contributed by atoms with Gasteiger partial charge in [0.05, 0.1) is 0 Å². The second-order valence-electron chi connectivity index (χ2n) is 0.105. The summed E-state index contributed by atoms with van der Waals surface area (Å²) in [6.45, 7) is -0.250. The van der Waals surface area contributed by atoms with Crippen molar-refractivity contribution in [3.8, 4) is 0 Å². The Morgan fingerprint density at radius 1 is 1.75 bits per heavy atom. The summed E-state index contributed by atoms with van der Waals surface area (Å²) in [5.74, 6) is 0. The molecule has 0 atom stereocenters. The fraction of sp³-hybridized carbons (Fsp3) is 0. The van der Waals surface area contributed by atoms with Gasteiger partial charge in [-0.15, -0.1) is 0 Å². The third kappa shape index (κ3) is 34.6. The summed E-state index contributed by atoms with van der Waals surface area (Å²) in [4.78, 5) is 8.36. The van der Waals surface area contributed by atoms with Crippen LogP contribution in [0.15, 0.2) is 0 Å². The van der Waals surface area contributed by atoms with Crippen molar-refractivity contribution in [1.29, 1.82) is 0 Å². The molecule has 2 nitrogen and oxygen atoms in total. The molecular formula is CH5BiO2. The van der Waals surface area contributed by atoms with Gasteiger partial charge < -0.3 is 5.11 Å². The molecule has 0 fully saturated rings. The molecule has 0 aromatic carbocycles. The van der Waals surface area contributed by atoms with E-state index in [1.54, 1.807) is 0 Å². The third-order valence-electron chi connectivity index (χ3n) is 0. The average molecular weight is 258 g/mol. The molecule has 0 aromatic heterocycles. The van der Waals surface area contributed by atoms with Crippen LogP contribution in [-0.4, -0.2) is 37.8 Å². The van der Waals surface area contributed by atoms with Gasteiger partial charge in [-0.3, -0.25) is 4.79 Å². The minimum absolute atomic E-state index is 0. The Labute approximate surface area is 42.9 Å². The van der Waals surface area contributed by atoms with Gasteiger partial charge in [0.1, 0.15) is 0 Å². The van der Waals surface area contributed by atoms with Crippen LogP contribution in [0.25, 0.3) is 0 Å². The van der Waals surface area contributed by atoms with E-state index in [1.165, 1.54) is 0 Å². The Morgan fingerprint density at radius 3 is 1.75 bits per heavy atom. The van der Waals surface area contributed by atoms with Crippen LogP contribution in [0.4, 0.5) is 0 Å². The maximum atomic E-state index is 8.36. The molecule has 0 aliphatic heterocycles. The van der Waals surface area contributed by atoms with Gasteiger partial charge in [-0.25, -0.2) is 0 Å². The van der Waals surface area contributed by atoms with Crippen molar-refractivity contribution >= 4 is 32.7 Å². The molecule has 0 aliphatic carbocycles. The summed E-state index contributed by atoms with van der Waals surface area (Å²) in [7, 11) is 0. The van der Waals surface area contributed by atoms with Crippen LogP contribution >= 0.6 is 0 Å². The number of hydrogen-bond acceptors (Lipinski definition) is 1. The van der Waals surface area contributed by atoms with E-state index in [0.717, 1.165) is 0 Å². The zero-order valence-electron chi connectivity index (χ0n) is 2.14. The summed E-state index contributed by atoms with van der Waals surface area (Å²) in [5.41, 5.74) is 0. The molecule has 0 heterocycles. The average Bonchev–Trinajstić information content (AvgIpc) is 0.918. The third-order valence-corrected chi connectivity index (χ3v) is 0. The van der Waals surface area contributed by atoms with Crippen LogP contribution in [0.2, 0.25) is 0 Å². The summed E-state index contributed by atoms with van der Waals surface area (Å²) >= 11 is 0. The van der Waals surface area contributed by atoms with Crippen LogP contribution in [0.5, 0.6) is 0 Å². The van der Waals surface area contributed by atoms with E-state index >= 15 is 0 Å². The zero-order chi connectivity index (χ0) is 2.71. The number of carbonyl (C=O) groups is 1. The Bertz CT molecular complexity index is 13.5. The molecular weight excluding hydrogens is 253 g/mol. The van der Waals surface area contributed by atoms with Crippen LogP contribution in [-0.2, 0) is 4.79 Å². The van der Waals surface area contributed by atoms with E-state index in [4.69, 9.17) is 9.90 Å². The molecule has 0 saturated heterocycles. The standard InChI is InChI=1S/CH2O2.Bi.3H/c2-1-3;;;;/h1H,(H,2,3);;;;. The van der Waals surface area contributed by atoms with Crippen LogP contribution in [0, 0.1) is 0 Å². The fourth-order valence-electron chi connectivity index (χ4n) is 0. The Morgan fingerprint density at radius 2 is 1.75 bits per heavy atom. The van der Waals surface area contributed by atoms with Crippen molar-refractivity contribution < 1.29 is 9.90 Å². The summed E-state index contributed by atoms with van der Waals surface area (Å²) < 4.78 is 0. The zero-order valence-corrected chi connectivity index (χ0v) is 7.64. The van der Waals surface area contributed by atoms with E-state index in [1.807, 2.05) is 0 Å². The molecule has 0 spiro atoms. The predicted molar refractivity (Wildman–Crippen MR) is 18.6 cm³/mol. The molecule has 0 aromatic rings. The molecule has 4 heavy (non-hydrogen) atoms. The molecule has 0 bridgehead atoms. The van der Waals surface area contributed by atoms with Crippen molar-refractivity contribution in [2.45, 2.75) is 0 Å². The normalized spacial score (nSPS) is 3.00. The number of carboxylic acid groups (broad SMARTS) is 1. The van der Waals surface area contributed by atoms with Gasteiger partial charge in [-0.1, -0.05) is 0 Å². The molecule has 0 radical (unpaired) electrons. The number of hydrogen-bond donors (Lipinski definition) is 1. The van der Waals surface area contributed by atoms with E-state index in [0.29, 0.717) is 0 Å². The molecule has 0 aliphatic rings. The van der Waals surface area contributed by atoms with Gasteiger partial charge in [0, 0.05) is 0 Å². The van der Waals surface area contributed by atoms with Crippen LogP contribution in [0.1, 0.15) is 0 Å².